The third kappa shape index (κ3) is 1.58. The summed E-state index contributed by atoms with van der Waals surface area (Å²) in [6.45, 7) is 0. The molecule has 3 aliphatic carbocycles. The van der Waals surface area contributed by atoms with Gasteiger partial charge in [-0.15, -0.1) is 0 Å². The van der Waals surface area contributed by atoms with Crippen molar-refractivity contribution in [2.75, 3.05) is 0 Å². The quantitative estimate of drug-likeness (QED) is 0.633. The van der Waals surface area contributed by atoms with Gasteiger partial charge in [-0.05, 0) is 60.2 Å². The van der Waals surface area contributed by atoms with Crippen molar-refractivity contribution in [2.24, 2.45) is 11.3 Å². The minimum absolute atomic E-state index is 0.0939. The Bertz CT molecular complexity index is 863. The number of allylic oxidation sites excluding steroid dienone is 2. The second-order valence-corrected chi connectivity index (χ2v) is 7.60. The largest absolute Gasteiger partial charge is 0.299 e. The van der Waals surface area contributed by atoms with Gasteiger partial charge in [0.2, 0.25) is 0 Å². The maximum absolute atomic E-state index is 12.9. The van der Waals surface area contributed by atoms with Crippen LogP contribution in [0.1, 0.15) is 30.4 Å². The van der Waals surface area contributed by atoms with Gasteiger partial charge in [-0.25, -0.2) is 0 Å². The molecule has 0 aliphatic heterocycles. The number of benzene rings is 2. The molecule has 0 aromatic heterocycles. The molecule has 1 fully saturated rings. The van der Waals surface area contributed by atoms with Crippen molar-refractivity contribution in [1.29, 1.82) is 0 Å². The maximum Gasteiger partial charge on any atom is 0.144 e. The molecule has 0 amide bonds. The number of fused-ring (bicyclic) bond motifs is 5. The van der Waals surface area contributed by atoms with E-state index in [1.807, 2.05) is 12.1 Å². The van der Waals surface area contributed by atoms with Gasteiger partial charge in [0.05, 0.1) is 0 Å². The first-order valence-corrected chi connectivity index (χ1v) is 8.45. The Kier molecular flexibility index (Phi) is 2.48. The van der Waals surface area contributed by atoms with E-state index in [1.54, 1.807) is 0 Å². The molecule has 2 unspecified atom stereocenters. The third-order valence-electron chi connectivity index (χ3n) is 6.08. The molecule has 1 spiro atoms. The topological polar surface area (TPSA) is 17.1 Å². The van der Waals surface area contributed by atoms with Crippen LogP contribution in [0.4, 0.5) is 0 Å². The molecule has 22 heavy (non-hydrogen) atoms. The summed E-state index contributed by atoms with van der Waals surface area (Å²) in [6, 6.07) is 10.5. The van der Waals surface area contributed by atoms with Gasteiger partial charge in [-0.2, -0.15) is 0 Å². The molecular formula is C20H17ClO. The number of carbonyl (C=O) groups is 1. The molecular weight excluding hydrogens is 292 g/mol. The average Bonchev–Trinajstić information content (AvgIpc) is 3.09. The lowest BCUT2D eigenvalue weighted by molar-refractivity contribution is -0.131. The van der Waals surface area contributed by atoms with Gasteiger partial charge in [0.1, 0.15) is 5.78 Å². The van der Waals surface area contributed by atoms with Crippen molar-refractivity contribution < 1.29 is 4.79 Å². The molecule has 0 radical (unpaired) electrons. The molecule has 5 rings (SSSR count). The highest BCUT2D eigenvalue weighted by Crippen LogP contribution is 2.57. The van der Waals surface area contributed by atoms with Crippen LogP contribution < -0.4 is 0 Å². The Hall–Kier alpha value is -1.60. The summed E-state index contributed by atoms with van der Waals surface area (Å²) >= 11 is 6.32. The van der Waals surface area contributed by atoms with E-state index in [1.165, 1.54) is 22.1 Å². The second-order valence-electron chi connectivity index (χ2n) is 7.19. The first-order chi connectivity index (χ1) is 10.7. The summed E-state index contributed by atoms with van der Waals surface area (Å²) in [6.07, 6.45) is 7.13. The number of ketones is 1. The average molecular weight is 309 g/mol. The van der Waals surface area contributed by atoms with Gasteiger partial charge in [-0.3, -0.25) is 4.79 Å². The van der Waals surface area contributed by atoms with Crippen LogP contribution in [0.5, 0.6) is 0 Å². The first kappa shape index (κ1) is 12.9. The molecule has 0 heterocycles. The van der Waals surface area contributed by atoms with Gasteiger partial charge < -0.3 is 0 Å². The zero-order valence-electron chi connectivity index (χ0n) is 12.4. The number of rotatable bonds is 0. The third-order valence-corrected chi connectivity index (χ3v) is 6.41. The minimum atomic E-state index is -0.0939. The van der Waals surface area contributed by atoms with Crippen molar-refractivity contribution in [2.45, 2.75) is 32.1 Å². The molecule has 110 valence electrons. The number of carbonyl (C=O) groups excluding carboxylic acids is 1. The Balaban J connectivity index is 1.67. The summed E-state index contributed by atoms with van der Waals surface area (Å²) in [5.41, 5.74) is 3.98. The number of Topliss-reactive ketones (excluding diaryl/α,β-unsaturated/α-hetero) is 1. The summed E-state index contributed by atoms with van der Waals surface area (Å²) in [5.74, 6) is 1.01. The van der Waals surface area contributed by atoms with Crippen molar-refractivity contribution in [3.8, 4) is 0 Å². The summed E-state index contributed by atoms with van der Waals surface area (Å²) < 4.78 is 0. The molecule has 2 bridgehead atoms. The summed E-state index contributed by atoms with van der Waals surface area (Å²) in [7, 11) is 0. The highest BCUT2D eigenvalue weighted by molar-refractivity contribution is 6.35. The van der Waals surface area contributed by atoms with Gasteiger partial charge >= 0.3 is 0 Å². The first-order valence-electron chi connectivity index (χ1n) is 8.07. The lowest BCUT2D eigenvalue weighted by Gasteiger charge is -2.39. The van der Waals surface area contributed by atoms with Gasteiger partial charge in [0.15, 0.2) is 0 Å². The van der Waals surface area contributed by atoms with Crippen LogP contribution in [0.25, 0.3) is 10.8 Å². The Morgan fingerprint density at radius 2 is 2.05 bits per heavy atom. The molecule has 2 heteroatoms. The van der Waals surface area contributed by atoms with Crippen LogP contribution in [-0.4, -0.2) is 5.78 Å². The Morgan fingerprint density at radius 1 is 1.14 bits per heavy atom. The molecule has 2 atom stereocenters. The maximum atomic E-state index is 12.9. The second kappa shape index (κ2) is 4.23. The zero-order valence-corrected chi connectivity index (χ0v) is 13.1. The van der Waals surface area contributed by atoms with Crippen molar-refractivity contribution in [3.63, 3.8) is 0 Å². The SMILES string of the molecule is O=C1Cc2cc3c(Cl)cccc3cc2CC12CC1=CCC2C1. The summed E-state index contributed by atoms with van der Waals surface area (Å²) in [4.78, 5) is 12.9. The van der Waals surface area contributed by atoms with Crippen LogP contribution >= 0.6 is 11.6 Å². The van der Waals surface area contributed by atoms with E-state index >= 15 is 0 Å². The van der Waals surface area contributed by atoms with E-state index in [2.05, 4.69) is 24.3 Å². The molecule has 3 aliphatic rings. The highest BCUT2D eigenvalue weighted by Gasteiger charge is 2.53. The molecule has 2 aromatic carbocycles. The minimum Gasteiger partial charge on any atom is -0.299 e. The fourth-order valence-corrected chi connectivity index (χ4v) is 5.17. The van der Waals surface area contributed by atoms with E-state index in [0.29, 0.717) is 18.1 Å². The highest BCUT2D eigenvalue weighted by atomic mass is 35.5. The fraction of sp³-hybridized carbons (Fsp3) is 0.350. The Morgan fingerprint density at radius 3 is 2.82 bits per heavy atom. The smallest absolute Gasteiger partial charge is 0.144 e. The number of hydrogen-bond donors (Lipinski definition) is 0. The van der Waals surface area contributed by atoms with Crippen molar-refractivity contribution in [1.82, 2.24) is 0 Å². The molecule has 1 saturated carbocycles. The van der Waals surface area contributed by atoms with Crippen molar-refractivity contribution in [3.05, 3.63) is 58.1 Å². The lowest BCUT2D eigenvalue weighted by Crippen LogP contribution is -2.42. The van der Waals surface area contributed by atoms with Crippen LogP contribution in [0, 0.1) is 11.3 Å². The van der Waals surface area contributed by atoms with Crippen molar-refractivity contribution >= 4 is 28.2 Å². The molecule has 0 N–H and O–H groups in total. The van der Waals surface area contributed by atoms with E-state index in [9.17, 15) is 4.79 Å². The lowest BCUT2D eigenvalue weighted by atomic mass is 9.63. The monoisotopic (exact) mass is 308 g/mol. The van der Waals surface area contributed by atoms with E-state index in [-0.39, 0.29) is 5.41 Å². The van der Waals surface area contributed by atoms with E-state index in [0.717, 1.165) is 36.1 Å². The van der Waals surface area contributed by atoms with Gasteiger partial charge in [0, 0.05) is 22.2 Å². The van der Waals surface area contributed by atoms with Crippen LogP contribution in [0.15, 0.2) is 42.0 Å². The number of halogens is 1. The van der Waals surface area contributed by atoms with Crippen LogP contribution in [-0.2, 0) is 17.6 Å². The predicted octanol–water partition coefficient (Wildman–Crippen LogP) is 4.89. The molecule has 2 aromatic rings. The van der Waals surface area contributed by atoms with Crippen LogP contribution in [0.3, 0.4) is 0 Å². The Labute approximate surface area is 135 Å². The van der Waals surface area contributed by atoms with Crippen LogP contribution in [0.2, 0.25) is 5.02 Å². The molecule has 0 saturated heterocycles. The predicted molar refractivity (Wildman–Crippen MR) is 89.2 cm³/mol. The van der Waals surface area contributed by atoms with E-state index in [4.69, 9.17) is 11.6 Å². The fourth-order valence-electron chi connectivity index (χ4n) is 4.94. The standard InChI is InChI=1S/C20H17ClO/c21-18-3-1-2-13-7-15-11-20(10-12-4-5-16(20)6-12)19(22)9-14(15)8-17(13)18/h1-4,7-8,16H,5-6,9-11H2. The van der Waals surface area contributed by atoms with E-state index < -0.39 is 0 Å². The molecule has 1 nitrogen and oxygen atoms in total. The van der Waals surface area contributed by atoms with Gasteiger partial charge in [-0.1, -0.05) is 41.4 Å². The summed E-state index contributed by atoms with van der Waals surface area (Å²) in [5, 5.41) is 3.04. The van der Waals surface area contributed by atoms with Gasteiger partial charge in [0.25, 0.3) is 0 Å². The number of hydrogen-bond acceptors (Lipinski definition) is 1. The zero-order chi connectivity index (χ0) is 14.9. The normalized spacial score (nSPS) is 29.2.